The van der Waals surface area contributed by atoms with Gasteiger partial charge in [-0.05, 0) is 49.7 Å². The van der Waals surface area contributed by atoms with Gasteiger partial charge in [-0.25, -0.2) is 4.39 Å². The number of aryl methyl sites for hydroxylation is 1. The lowest BCUT2D eigenvalue weighted by atomic mass is 10.1. The van der Waals surface area contributed by atoms with Gasteiger partial charge < -0.3 is 9.80 Å². The van der Waals surface area contributed by atoms with Crippen molar-refractivity contribution in [1.82, 2.24) is 4.90 Å². The van der Waals surface area contributed by atoms with Crippen molar-refractivity contribution in [3.05, 3.63) is 64.4 Å². The molecule has 1 heterocycles. The minimum atomic E-state index is -0.635. The summed E-state index contributed by atoms with van der Waals surface area (Å²) in [6.45, 7) is 4.31. The van der Waals surface area contributed by atoms with Crippen LogP contribution in [0.25, 0.3) is 0 Å². The first-order valence-corrected chi connectivity index (χ1v) is 8.40. The highest BCUT2D eigenvalue weighted by Gasteiger charge is 2.35. The molecule has 0 radical (unpaired) electrons. The molecule has 0 aliphatic carbocycles. The van der Waals surface area contributed by atoms with E-state index in [9.17, 15) is 14.0 Å². The van der Waals surface area contributed by atoms with Gasteiger partial charge in [0, 0.05) is 29.4 Å². The van der Waals surface area contributed by atoms with Gasteiger partial charge >= 0.3 is 0 Å². The van der Waals surface area contributed by atoms with Crippen LogP contribution >= 0.6 is 11.6 Å². The minimum Gasteiger partial charge on any atom is -0.325 e. The van der Waals surface area contributed by atoms with E-state index in [4.69, 9.17) is 11.6 Å². The van der Waals surface area contributed by atoms with Crippen molar-refractivity contribution >= 4 is 29.1 Å². The van der Waals surface area contributed by atoms with Gasteiger partial charge in [0.15, 0.2) is 0 Å². The lowest BCUT2D eigenvalue weighted by Gasteiger charge is -2.39. The fourth-order valence-corrected chi connectivity index (χ4v) is 3.12. The lowest BCUT2D eigenvalue weighted by Crippen LogP contribution is -2.57. The molecule has 0 bridgehead atoms. The number of piperazine rings is 1. The number of carbonyl (C=O) groups excluding carboxylic acids is 2. The van der Waals surface area contributed by atoms with E-state index in [2.05, 4.69) is 0 Å². The van der Waals surface area contributed by atoms with Gasteiger partial charge in [-0.1, -0.05) is 23.7 Å². The fraction of sp³-hybridized carbons (Fsp3) is 0.263. The molecular weight excluding hydrogens is 343 g/mol. The van der Waals surface area contributed by atoms with E-state index in [0.29, 0.717) is 23.8 Å². The van der Waals surface area contributed by atoms with Crippen molar-refractivity contribution in [2.75, 3.05) is 18.0 Å². The first-order chi connectivity index (χ1) is 11.9. The van der Waals surface area contributed by atoms with Crippen LogP contribution in [-0.4, -0.2) is 35.8 Å². The number of hydrogen-bond donors (Lipinski definition) is 0. The number of benzene rings is 2. The summed E-state index contributed by atoms with van der Waals surface area (Å²) in [7, 11) is 0. The maximum absolute atomic E-state index is 13.4. The summed E-state index contributed by atoms with van der Waals surface area (Å²) >= 11 is 6.15. The fourth-order valence-electron chi connectivity index (χ4n) is 2.94. The zero-order chi connectivity index (χ0) is 18.1. The molecular formula is C19H18ClFN2O2. The summed E-state index contributed by atoms with van der Waals surface area (Å²) in [5.74, 6) is -1.00. The molecule has 1 fully saturated rings. The van der Waals surface area contributed by atoms with Crippen LogP contribution in [0.4, 0.5) is 10.1 Å². The Kier molecular flexibility index (Phi) is 4.77. The van der Waals surface area contributed by atoms with Gasteiger partial charge in [-0.2, -0.15) is 0 Å². The highest BCUT2D eigenvalue weighted by atomic mass is 35.5. The predicted octanol–water partition coefficient (Wildman–Crippen LogP) is 3.67. The second-order valence-electron chi connectivity index (χ2n) is 6.11. The van der Waals surface area contributed by atoms with E-state index in [-0.39, 0.29) is 17.4 Å². The Bertz CT molecular complexity index is 840. The standard InChI is InChI=1S/C19H18ClFN2O2/c1-12-6-7-16(11-17(12)20)23-9-8-22(13(2)18(23)24)19(25)14-4-3-5-15(21)10-14/h3-7,10-11,13H,8-9H2,1-2H3/t13-/m0/s1. The molecule has 25 heavy (non-hydrogen) atoms. The quantitative estimate of drug-likeness (QED) is 0.820. The van der Waals surface area contributed by atoms with Gasteiger partial charge in [0.05, 0.1) is 0 Å². The number of amides is 2. The second kappa shape index (κ2) is 6.84. The van der Waals surface area contributed by atoms with Gasteiger partial charge in [0.25, 0.3) is 5.91 Å². The molecule has 0 unspecified atom stereocenters. The molecule has 6 heteroatoms. The van der Waals surface area contributed by atoms with Crippen LogP contribution in [0.3, 0.4) is 0 Å². The zero-order valence-electron chi connectivity index (χ0n) is 14.0. The third-order valence-corrected chi connectivity index (χ3v) is 4.86. The van der Waals surface area contributed by atoms with E-state index >= 15 is 0 Å². The number of halogens is 2. The Morgan fingerprint density at radius 3 is 2.64 bits per heavy atom. The predicted molar refractivity (Wildman–Crippen MR) is 95.4 cm³/mol. The van der Waals surface area contributed by atoms with Crippen molar-refractivity contribution < 1.29 is 14.0 Å². The third kappa shape index (κ3) is 3.37. The SMILES string of the molecule is Cc1ccc(N2CCN(C(=O)c3cccc(F)c3)[C@@H](C)C2=O)cc1Cl. The van der Waals surface area contributed by atoms with Crippen LogP contribution in [0, 0.1) is 12.7 Å². The molecule has 1 aliphatic rings. The Balaban J connectivity index is 1.81. The topological polar surface area (TPSA) is 40.6 Å². The normalized spacial score (nSPS) is 17.8. The summed E-state index contributed by atoms with van der Waals surface area (Å²) < 4.78 is 13.4. The molecule has 1 atom stereocenters. The van der Waals surface area contributed by atoms with Gasteiger partial charge in [0.2, 0.25) is 5.91 Å². The minimum absolute atomic E-state index is 0.184. The van der Waals surface area contributed by atoms with Crippen LogP contribution < -0.4 is 4.90 Å². The summed E-state index contributed by atoms with van der Waals surface area (Å²) in [6, 6.07) is 10.3. The molecule has 130 valence electrons. The number of nitrogens with zero attached hydrogens (tertiary/aromatic N) is 2. The van der Waals surface area contributed by atoms with Crippen molar-refractivity contribution in [3.63, 3.8) is 0 Å². The molecule has 3 rings (SSSR count). The number of rotatable bonds is 2. The average molecular weight is 361 g/mol. The molecule has 0 N–H and O–H groups in total. The first-order valence-electron chi connectivity index (χ1n) is 8.02. The number of carbonyl (C=O) groups is 2. The maximum atomic E-state index is 13.4. The third-order valence-electron chi connectivity index (χ3n) is 4.45. The molecule has 1 aliphatic heterocycles. The number of anilines is 1. The highest BCUT2D eigenvalue weighted by molar-refractivity contribution is 6.31. The number of hydrogen-bond acceptors (Lipinski definition) is 2. The average Bonchev–Trinajstić information content (AvgIpc) is 2.59. The molecule has 2 amide bonds. The summed E-state index contributed by atoms with van der Waals surface area (Å²) in [5, 5.41) is 0.594. The smallest absolute Gasteiger partial charge is 0.254 e. The Morgan fingerprint density at radius 1 is 1.20 bits per heavy atom. The molecule has 1 saturated heterocycles. The van der Waals surface area contributed by atoms with Crippen molar-refractivity contribution in [3.8, 4) is 0 Å². The Hall–Kier alpha value is -2.40. The Labute approximate surface area is 150 Å². The molecule has 0 spiro atoms. The molecule has 4 nitrogen and oxygen atoms in total. The van der Waals surface area contributed by atoms with Crippen LogP contribution in [-0.2, 0) is 4.79 Å². The van der Waals surface area contributed by atoms with Crippen molar-refractivity contribution in [1.29, 1.82) is 0 Å². The lowest BCUT2D eigenvalue weighted by molar-refractivity contribution is -0.124. The summed E-state index contributed by atoms with van der Waals surface area (Å²) in [5.41, 5.74) is 1.89. The van der Waals surface area contributed by atoms with E-state index in [0.717, 1.165) is 5.56 Å². The first kappa shape index (κ1) is 17.4. The highest BCUT2D eigenvalue weighted by Crippen LogP contribution is 2.26. The largest absolute Gasteiger partial charge is 0.325 e. The van der Waals surface area contributed by atoms with Crippen molar-refractivity contribution in [2.24, 2.45) is 0 Å². The van der Waals surface area contributed by atoms with Gasteiger partial charge in [-0.15, -0.1) is 0 Å². The van der Waals surface area contributed by atoms with E-state index in [1.165, 1.54) is 23.1 Å². The van der Waals surface area contributed by atoms with E-state index in [1.807, 2.05) is 19.1 Å². The molecule has 0 saturated carbocycles. The van der Waals surface area contributed by atoms with Gasteiger partial charge in [0.1, 0.15) is 11.9 Å². The molecule has 2 aromatic rings. The van der Waals surface area contributed by atoms with Crippen LogP contribution in [0.15, 0.2) is 42.5 Å². The van der Waals surface area contributed by atoms with E-state index < -0.39 is 11.9 Å². The summed E-state index contributed by atoms with van der Waals surface area (Å²) in [6.07, 6.45) is 0. The zero-order valence-corrected chi connectivity index (χ0v) is 14.8. The van der Waals surface area contributed by atoms with Crippen LogP contribution in [0.1, 0.15) is 22.8 Å². The maximum Gasteiger partial charge on any atom is 0.254 e. The second-order valence-corrected chi connectivity index (χ2v) is 6.52. The molecule has 0 aromatic heterocycles. The Morgan fingerprint density at radius 2 is 1.96 bits per heavy atom. The van der Waals surface area contributed by atoms with E-state index in [1.54, 1.807) is 24.0 Å². The van der Waals surface area contributed by atoms with Crippen LogP contribution in [0.5, 0.6) is 0 Å². The van der Waals surface area contributed by atoms with Crippen molar-refractivity contribution in [2.45, 2.75) is 19.9 Å². The van der Waals surface area contributed by atoms with Gasteiger partial charge in [-0.3, -0.25) is 9.59 Å². The molecule has 2 aromatic carbocycles. The van der Waals surface area contributed by atoms with Crippen LogP contribution in [0.2, 0.25) is 5.02 Å². The summed E-state index contributed by atoms with van der Waals surface area (Å²) in [4.78, 5) is 28.5. The monoisotopic (exact) mass is 360 g/mol.